The van der Waals surface area contributed by atoms with Gasteiger partial charge in [0.2, 0.25) is 5.78 Å². The highest BCUT2D eigenvalue weighted by Gasteiger charge is 2.34. The van der Waals surface area contributed by atoms with Gasteiger partial charge in [0.15, 0.2) is 4.51 Å². The summed E-state index contributed by atoms with van der Waals surface area (Å²) >= 11 is 3.54. The molecular formula is C23H37BrO2. The summed E-state index contributed by atoms with van der Waals surface area (Å²) in [7, 11) is 0. The first-order chi connectivity index (χ1) is 12.5. The molecule has 1 aromatic carbocycles. The number of hydrogen-bond acceptors (Lipinski definition) is 2. The first kappa shape index (κ1) is 23.4. The molecule has 0 spiro atoms. The average molecular weight is 425 g/mol. The van der Waals surface area contributed by atoms with Crippen LogP contribution in [0.2, 0.25) is 0 Å². The Hall–Kier alpha value is -0.670. The van der Waals surface area contributed by atoms with Crippen LogP contribution in [0.5, 0.6) is 0 Å². The van der Waals surface area contributed by atoms with Gasteiger partial charge in [-0.05, 0) is 35.7 Å². The number of benzene rings is 1. The van der Waals surface area contributed by atoms with E-state index in [0.29, 0.717) is 5.56 Å². The molecular weight excluding hydrogens is 388 g/mol. The van der Waals surface area contributed by atoms with E-state index >= 15 is 0 Å². The van der Waals surface area contributed by atoms with Gasteiger partial charge in [0, 0.05) is 5.56 Å². The van der Waals surface area contributed by atoms with Gasteiger partial charge < -0.3 is 4.74 Å². The van der Waals surface area contributed by atoms with Crippen LogP contribution >= 0.6 is 15.9 Å². The highest BCUT2D eigenvalue weighted by Crippen LogP contribution is 2.29. The Balaban J connectivity index is 2.39. The number of carbonyl (C=O) groups is 1. The van der Waals surface area contributed by atoms with Crippen LogP contribution in [0.15, 0.2) is 30.3 Å². The second-order valence-corrected chi connectivity index (χ2v) is 8.92. The Morgan fingerprint density at radius 1 is 0.923 bits per heavy atom. The molecule has 0 aliphatic carbocycles. The van der Waals surface area contributed by atoms with Crippen LogP contribution in [0.3, 0.4) is 0 Å². The third-order valence-electron chi connectivity index (χ3n) is 4.82. The van der Waals surface area contributed by atoms with Crippen LogP contribution in [0, 0.1) is 0 Å². The van der Waals surface area contributed by atoms with Crippen LogP contribution < -0.4 is 0 Å². The van der Waals surface area contributed by atoms with Gasteiger partial charge in [-0.2, -0.15) is 0 Å². The second-order valence-electron chi connectivity index (χ2n) is 7.40. The highest BCUT2D eigenvalue weighted by atomic mass is 79.9. The van der Waals surface area contributed by atoms with Crippen molar-refractivity contribution in [3.63, 3.8) is 0 Å². The number of carbonyl (C=O) groups excluding carboxylic acids is 1. The summed E-state index contributed by atoms with van der Waals surface area (Å²) in [5, 5.41) is 0. The fraction of sp³-hybridized carbons (Fsp3) is 0.696. The summed E-state index contributed by atoms with van der Waals surface area (Å²) in [6, 6.07) is 9.39. The van der Waals surface area contributed by atoms with Crippen LogP contribution in [0.4, 0.5) is 0 Å². The standard InChI is InChI=1S/C23H37BrO2/c1-4-6-7-8-9-10-11-15-19-21(16-5-2)26-23(3,24)22(25)20-17-13-12-14-18-20/h12-14,17-18,21H,4-11,15-16,19H2,1-3H3. The van der Waals surface area contributed by atoms with Crippen LogP contribution in [0.1, 0.15) is 102 Å². The lowest BCUT2D eigenvalue weighted by atomic mass is 10.0. The molecule has 0 fully saturated rings. The third-order valence-corrected chi connectivity index (χ3v) is 5.37. The molecule has 1 rings (SSSR count). The van der Waals surface area contributed by atoms with E-state index in [9.17, 15) is 4.79 Å². The minimum atomic E-state index is -0.950. The number of hydrogen-bond donors (Lipinski definition) is 0. The van der Waals surface area contributed by atoms with Crippen molar-refractivity contribution in [2.45, 2.75) is 102 Å². The van der Waals surface area contributed by atoms with Crippen molar-refractivity contribution in [3.8, 4) is 0 Å². The van der Waals surface area contributed by atoms with Gasteiger partial charge in [-0.25, -0.2) is 0 Å². The largest absolute Gasteiger partial charge is 0.353 e. The molecule has 148 valence electrons. The normalized spacial score (nSPS) is 14.8. The van der Waals surface area contributed by atoms with E-state index in [1.165, 1.54) is 51.4 Å². The van der Waals surface area contributed by atoms with Gasteiger partial charge in [-0.3, -0.25) is 4.79 Å². The summed E-state index contributed by atoms with van der Waals surface area (Å²) in [4.78, 5) is 12.7. The minimum Gasteiger partial charge on any atom is -0.353 e. The molecule has 0 aliphatic rings. The molecule has 2 unspecified atom stereocenters. The predicted molar refractivity (Wildman–Crippen MR) is 115 cm³/mol. The van der Waals surface area contributed by atoms with E-state index in [2.05, 4.69) is 29.8 Å². The van der Waals surface area contributed by atoms with Crippen molar-refractivity contribution in [2.24, 2.45) is 0 Å². The highest BCUT2D eigenvalue weighted by molar-refractivity contribution is 9.10. The maximum absolute atomic E-state index is 12.7. The van der Waals surface area contributed by atoms with Crippen LogP contribution in [0.25, 0.3) is 0 Å². The molecule has 0 bridgehead atoms. The lowest BCUT2D eigenvalue weighted by Crippen LogP contribution is -2.36. The van der Waals surface area contributed by atoms with Gasteiger partial charge in [0.1, 0.15) is 0 Å². The van der Waals surface area contributed by atoms with Crippen molar-refractivity contribution < 1.29 is 9.53 Å². The Bertz CT molecular complexity index is 484. The van der Waals surface area contributed by atoms with Gasteiger partial charge >= 0.3 is 0 Å². The number of halogens is 1. The predicted octanol–water partition coefficient (Wildman–Crippen LogP) is 7.70. The van der Waals surface area contributed by atoms with Crippen LogP contribution in [-0.2, 0) is 4.74 Å². The molecule has 0 amide bonds. The lowest BCUT2D eigenvalue weighted by molar-refractivity contribution is -0.0176. The maximum atomic E-state index is 12.7. The summed E-state index contributed by atoms with van der Waals surface area (Å²) in [6.07, 6.45) is 13.8. The van der Waals surface area contributed by atoms with Gasteiger partial charge in [-0.1, -0.05) is 102 Å². The SMILES string of the molecule is CCCCCCCCCCC(CCC)OC(C)(Br)C(=O)c1ccccc1. The van der Waals surface area contributed by atoms with Crippen molar-refractivity contribution in [1.29, 1.82) is 0 Å². The second kappa shape index (κ2) is 13.5. The Kier molecular flexibility index (Phi) is 12.1. The fourth-order valence-corrected chi connectivity index (χ4v) is 3.80. The van der Waals surface area contributed by atoms with Crippen molar-refractivity contribution in [3.05, 3.63) is 35.9 Å². The zero-order valence-corrected chi connectivity index (χ0v) is 18.5. The van der Waals surface area contributed by atoms with Crippen molar-refractivity contribution in [1.82, 2.24) is 0 Å². The number of alkyl halides is 1. The molecule has 1 aromatic rings. The van der Waals surface area contributed by atoms with E-state index < -0.39 is 4.51 Å². The molecule has 0 saturated carbocycles. The summed E-state index contributed by atoms with van der Waals surface area (Å²) < 4.78 is 5.27. The maximum Gasteiger partial charge on any atom is 0.205 e. The zero-order chi connectivity index (χ0) is 19.3. The monoisotopic (exact) mass is 424 g/mol. The van der Waals surface area contributed by atoms with Crippen LogP contribution in [-0.4, -0.2) is 16.4 Å². The number of ketones is 1. The molecule has 0 radical (unpaired) electrons. The van der Waals surface area contributed by atoms with Gasteiger partial charge in [-0.15, -0.1) is 0 Å². The molecule has 2 nitrogen and oxygen atoms in total. The van der Waals surface area contributed by atoms with E-state index in [1.807, 2.05) is 37.3 Å². The van der Waals surface area contributed by atoms with E-state index in [4.69, 9.17) is 4.74 Å². The molecule has 0 N–H and O–H groups in total. The zero-order valence-electron chi connectivity index (χ0n) is 16.9. The Morgan fingerprint density at radius 3 is 2.08 bits per heavy atom. The Morgan fingerprint density at radius 2 is 1.50 bits per heavy atom. The first-order valence-corrected chi connectivity index (χ1v) is 11.3. The summed E-state index contributed by atoms with van der Waals surface area (Å²) in [5.74, 6) is -0.00451. The lowest BCUT2D eigenvalue weighted by Gasteiger charge is -2.28. The Labute approximate surface area is 169 Å². The first-order valence-electron chi connectivity index (χ1n) is 10.5. The van der Waals surface area contributed by atoms with E-state index in [1.54, 1.807) is 0 Å². The average Bonchev–Trinajstić information content (AvgIpc) is 2.63. The van der Waals surface area contributed by atoms with Crippen molar-refractivity contribution in [2.75, 3.05) is 0 Å². The minimum absolute atomic E-state index is 0.00451. The molecule has 2 atom stereocenters. The number of Topliss-reactive ketones (excluding diaryl/α,β-unsaturated/α-hetero) is 1. The summed E-state index contributed by atoms with van der Waals surface area (Å²) in [5.41, 5.74) is 0.689. The smallest absolute Gasteiger partial charge is 0.205 e. The molecule has 26 heavy (non-hydrogen) atoms. The molecule has 0 heterocycles. The topological polar surface area (TPSA) is 26.3 Å². The quantitative estimate of drug-likeness (QED) is 0.163. The van der Waals surface area contributed by atoms with Gasteiger partial charge in [0.25, 0.3) is 0 Å². The molecule has 0 aromatic heterocycles. The molecule has 3 heteroatoms. The number of ether oxygens (including phenoxy) is 1. The fourth-order valence-electron chi connectivity index (χ4n) is 3.30. The van der Waals surface area contributed by atoms with E-state index in [0.717, 1.165) is 19.3 Å². The number of unbranched alkanes of at least 4 members (excludes halogenated alkanes) is 7. The molecule has 0 aliphatic heterocycles. The number of rotatable bonds is 15. The summed E-state index contributed by atoms with van der Waals surface area (Å²) in [6.45, 7) is 6.27. The third kappa shape index (κ3) is 9.32. The van der Waals surface area contributed by atoms with E-state index in [-0.39, 0.29) is 11.9 Å². The van der Waals surface area contributed by atoms with Crippen molar-refractivity contribution >= 4 is 21.7 Å². The van der Waals surface area contributed by atoms with Gasteiger partial charge in [0.05, 0.1) is 6.10 Å². The molecule has 0 saturated heterocycles.